The van der Waals surface area contributed by atoms with E-state index in [0.717, 1.165) is 25.7 Å². The SMILES string of the molecule is N#CC(C(=O)N1CCCCCC1)=C1SCC(=O)N1c1ccccc1. The summed E-state index contributed by atoms with van der Waals surface area (Å²) in [6.45, 7) is 1.36. The van der Waals surface area contributed by atoms with Gasteiger partial charge in [-0.3, -0.25) is 14.5 Å². The van der Waals surface area contributed by atoms with Gasteiger partial charge in [0.25, 0.3) is 5.91 Å². The van der Waals surface area contributed by atoms with Gasteiger partial charge in [0.1, 0.15) is 16.7 Å². The molecule has 0 N–H and O–H groups in total. The van der Waals surface area contributed by atoms with Gasteiger partial charge in [-0.25, -0.2) is 0 Å². The summed E-state index contributed by atoms with van der Waals surface area (Å²) in [6, 6.07) is 11.2. The number of thioether (sulfide) groups is 1. The van der Waals surface area contributed by atoms with Gasteiger partial charge in [0.15, 0.2) is 0 Å². The number of nitrogens with zero attached hydrogens (tertiary/aromatic N) is 3. The van der Waals surface area contributed by atoms with E-state index < -0.39 is 0 Å². The molecule has 2 saturated heterocycles. The molecule has 5 nitrogen and oxygen atoms in total. The lowest BCUT2D eigenvalue weighted by molar-refractivity contribution is -0.126. The van der Waals surface area contributed by atoms with Crippen LogP contribution in [0.25, 0.3) is 0 Å². The fraction of sp³-hybridized carbons (Fsp3) is 0.389. The van der Waals surface area contributed by atoms with Crippen molar-refractivity contribution in [2.45, 2.75) is 25.7 Å². The van der Waals surface area contributed by atoms with Gasteiger partial charge < -0.3 is 4.90 Å². The third-order valence-electron chi connectivity index (χ3n) is 4.23. The minimum atomic E-state index is -0.252. The van der Waals surface area contributed by atoms with E-state index in [-0.39, 0.29) is 23.1 Å². The highest BCUT2D eigenvalue weighted by Gasteiger charge is 2.34. The first kappa shape index (κ1) is 16.6. The van der Waals surface area contributed by atoms with Crippen molar-refractivity contribution in [2.24, 2.45) is 0 Å². The van der Waals surface area contributed by atoms with E-state index in [1.165, 1.54) is 16.7 Å². The number of para-hydroxylation sites is 1. The fourth-order valence-corrected chi connectivity index (χ4v) is 4.02. The van der Waals surface area contributed by atoms with Crippen LogP contribution in [-0.2, 0) is 9.59 Å². The van der Waals surface area contributed by atoms with Crippen molar-refractivity contribution in [3.05, 3.63) is 40.9 Å². The van der Waals surface area contributed by atoms with Crippen molar-refractivity contribution in [3.8, 4) is 6.07 Å². The van der Waals surface area contributed by atoms with Crippen LogP contribution in [0.15, 0.2) is 40.9 Å². The molecule has 0 spiro atoms. The van der Waals surface area contributed by atoms with Crippen molar-refractivity contribution in [1.29, 1.82) is 5.26 Å². The summed E-state index contributed by atoms with van der Waals surface area (Å²) >= 11 is 1.27. The monoisotopic (exact) mass is 341 g/mol. The Morgan fingerprint density at radius 2 is 1.75 bits per heavy atom. The predicted octanol–water partition coefficient (Wildman–Crippen LogP) is 2.90. The molecule has 0 bridgehead atoms. The van der Waals surface area contributed by atoms with Crippen molar-refractivity contribution in [2.75, 3.05) is 23.7 Å². The van der Waals surface area contributed by atoms with E-state index in [2.05, 4.69) is 6.07 Å². The van der Waals surface area contributed by atoms with E-state index in [4.69, 9.17) is 0 Å². The Hall–Kier alpha value is -2.26. The van der Waals surface area contributed by atoms with Crippen LogP contribution in [0.4, 0.5) is 5.69 Å². The topological polar surface area (TPSA) is 64.4 Å². The maximum atomic E-state index is 12.8. The molecule has 0 atom stereocenters. The lowest BCUT2D eigenvalue weighted by Gasteiger charge is -2.23. The lowest BCUT2D eigenvalue weighted by atomic mass is 10.2. The molecular weight excluding hydrogens is 322 g/mol. The number of amides is 2. The number of nitriles is 1. The number of hydrogen-bond donors (Lipinski definition) is 0. The molecule has 2 fully saturated rings. The van der Waals surface area contributed by atoms with E-state index in [0.29, 0.717) is 23.8 Å². The van der Waals surface area contributed by atoms with Crippen LogP contribution in [0.2, 0.25) is 0 Å². The number of carbonyl (C=O) groups is 2. The zero-order valence-electron chi connectivity index (χ0n) is 13.4. The normalized spacial score (nSPS) is 20.5. The minimum absolute atomic E-state index is 0.0802. The Morgan fingerprint density at radius 3 is 2.38 bits per heavy atom. The van der Waals surface area contributed by atoms with Crippen molar-refractivity contribution >= 4 is 29.3 Å². The lowest BCUT2D eigenvalue weighted by Crippen LogP contribution is -2.34. The van der Waals surface area contributed by atoms with Crippen molar-refractivity contribution in [1.82, 2.24) is 4.90 Å². The third kappa shape index (κ3) is 3.31. The van der Waals surface area contributed by atoms with Crippen LogP contribution in [0.3, 0.4) is 0 Å². The zero-order valence-corrected chi connectivity index (χ0v) is 14.2. The average Bonchev–Trinajstić information content (AvgIpc) is 2.82. The van der Waals surface area contributed by atoms with Crippen molar-refractivity contribution in [3.63, 3.8) is 0 Å². The molecule has 24 heavy (non-hydrogen) atoms. The third-order valence-corrected chi connectivity index (χ3v) is 5.28. The summed E-state index contributed by atoms with van der Waals surface area (Å²) in [6.07, 6.45) is 4.17. The molecule has 0 aromatic heterocycles. The molecule has 2 heterocycles. The first-order valence-electron chi connectivity index (χ1n) is 8.17. The molecule has 6 heteroatoms. The second kappa shape index (κ2) is 7.54. The van der Waals surface area contributed by atoms with Crippen molar-refractivity contribution < 1.29 is 9.59 Å². The van der Waals surface area contributed by atoms with Crippen LogP contribution in [0.1, 0.15) is 25.7 Å². The fourth-order valence-electron chi connectivity index (χ4n) is 3.01. The largest absolute Gasteiger partial charge is 0.338 e. The Morgan fingerprint density at radius 1 is 1.08 bits per heavy atom. The maximum absolute atomic E-state index is 12.8. The number of hydrogen-bond acceptors (Lipinski definition) is 4. The van der Waals surface area contributed by atoms with Gasteiger partial charge in [0.2, 0.25) is 5.91 Å². The average molecular weight is 341 g/mol. The summed E-state index contributed by atoms with van der Waals surface area (Å²) in [5.41, 5.74) is 0.774. The molecule has 124 valence electrons. The second-order valence-electron chi connectivity index (χ2n) is 5.85. The van der Waals surface area contributed by atoms with Gasteiger partial charge >= 0.3 is 0 Å². The highest BCUT2D eigenvalue weighted by Crippen LogP contribution is 2.36. The summed E-state index contributed by atoms with van der Waals surface area (Å²) in [7, 11) is 0. The standard InChI is InChI=1S/C18H19N3O2S/c19-12-15(17(23)20-10-6-1-2-7-11-20)18-21(16(22)13-24-18)14-8-4-3-5-9-14/h3-5,8-9H,1-2,6-7,10-11,13H2. The summed E-state index contributed by atoms with van der Waals surface area (Å²) in [4.78, 5) is 28.4. The van der Waals surface area contributed by atoms with Gasteiger partial charge in [-0.2, -0.15) is 5.26 Å². The molecule has 0 unspecified atom stereocenters. The molecule has 2 aliphatic rings. The number of likely N-dealkylation sites (tertiary alicyclic amines) is 1. The van der Waals surface area contributed by atoms with Gasteiger partial charge in [0, 0.05) is 18.8 Å². The summed E-state index contributed by atoms with van der Waals surface area (Å²) in [5.74, 6) is -0.0990. The maximum Gasteiger partial charge on any atom is 0.267 e. The number of carbonyl (C=O) groups excluding carboxylic acids is 2. The molecule has 0 saturated carbocycles. The smallest absolute Gasteiger partial charge is 0.267 e. The molecule has 2 aliphatic heterocycles. The Bertz CT molecular complexity index is 701. The van der Waals surface area contributed by atoms with Crippen LogP contribution in [0, 0.1) is 11.3 Å². The molecule has 2 amide bonds. The predicted molar refractivity (Wildman–Crippen MR) is 94.1 cm³/mol. The van der Waals surface area contributed by atoms with Crippen LogP contribution in [-0.4, -0.2) is 35.6 Å². The van der Waals surface area contributed by atoms with E-state index in [1.807, 2.05) is 30.3 Å². The second-order valence-corrected chi connectivity index (χ2v) is 6.82. The first-order valence-corrected chi connectivity index (χ1v) is 9.15. The number of rotatable bonds is 2. The molecule has 0 radical (unpaired) electrons. The molecule has 1 aromatic carbocycles. The molecule has 3 rings (SSSR count). The molecule has 0 aliphatic carbocycles. The van der Waals surface area contributed by atoms with E-state index >= 15 is 0 Å². The molecular formula is C18H19N3O2S. The van der Waals surface area contributed by atoms with Gasteiger partial charge in [-0.05, 0) is 25.0 Å². The van der Waals surface area contributed by atoms with Crippen LogP contribution < -0.4 is 4.90 Å². The number of anilines is 1. The number of benzene rings is 1. The van der Waals surface area contributed by atoms with Gasteiger partial charge in [-0.1, -0.05) is 42.8 Å². The van der Waals surface area contributed by atoms with E-state index in [9.17, 15) is 14.9 Å². The van der Waals surface area contributed by atoms with Gasteiger partial charge in [0.05, 0.1) is 5.75 Å². The Labute approximate surface area is 145 Å². The van der Waals surface area contributed by atoms with Crippen LogP contribution >= 0.6 is 11.8 Å². The van der Waals surface area contributed by atoms with E-state index in [1.54, 1.807) is 4.90 Å². The highest BCUT2D eigenvalue weighted by atomic mass is 32.2. The first-order chi connectivity index (χ1) is 11.7. The van der Waals surface area contributed by atoms with Crippen LogP contribution in [0.5, 0.6) is 0 Å². The quantitative estimate of drug-likeness (QED) is 0.613. The minimum Gasteiger partial charge on any atom is -0.338 e. The van der Waals surface area contributed by atoms with Gasteiger partial charge in [-0.15, -0.1) is 0 Å². The highest BCUT2D eigenvalue weighted by molar-refractivity contribution is 8.04. The summed E-state index contributed by atoms with van der Waals surface area (Å²) in [5, 5.41) is 10.1. The Balaban J connectivity index is 1.95. The zero-order chi connectivity index (χ0) is 16.9. The summed E-state index contributed by atoms with van der Waals surface area (Å²) < 4.78 is 0. The molecule has 1 aromatic rings. The Kier molecular flexibility index (Phi) is 5.21.